The van der Waals surface area contributed by atoms with E-state index in [0.29, 0.717) is 10.7 Å². The summed E-state index contributed by atoms with van der Waals surface area (Å²) in [6.45, 7) is 5.09. The van der Waals surface area contributed by atoms with Crippen LogP contribution in [0.3, 0.4) is 0 Å². The van der Waals surface area contributed by atoms with Gasteiger partial charge in [0.25, 0.3) is 5.91 Å². The first kappa shape index (κ1) is 15.2. The van der Waals surface area contributed by atoms with Crippen LogP contribution in [-0.2, 0) is 14.3 Å². The van der Waals surface area contributed by atoms with Gasteiger partial charge in [-0.1, -0.05) is 23.2 Å². The first-order valence-corrected chi connectivity index (χ1v) is 6.14. The van der Waals surface area contributed by atoms with Crippen molar-refractivity contribution in [1.29, 1.82) is 0 Å². The number of ether oxygens (including phenoxy) is 1. The Bertz CT molecular complexity index is 519. The van der Waals surface area contributed by atoms with Crippen molar-refractivity contribution in [1.82, 2.24) is 0 Å². The fourth-order valence-electron chi connectivity index (χ4n) is 1.28. The molecule has 0 aliphatic heterocycles. The minimum absolute atomic E-state index is 0.325. The summed E-state index contributed by atoms with van der Waals surface area (Å²) in [5.41, 5.74) is 2.31. The van der Waals surface area contributed by atoms with E-state index in [-0.39, 0.29) is 6.61 Å². The molecular formula is C14H16ClNO3. The maximum atomic E-state index is 11.5. The highest BCUT2D eigenvalue weighted by atomic mass is 35.5. The molecule has 0 spiro atoms. The summed E-state index contributed by atoms with van der Waals surface area (Å²) in [7, 11) is 0. The smallest absolute Gasteiger partial charge is 0.331 e. The lowest BCUT2D eigenvalue weighted by Gasteiger charge is -2.07. The number of aryl methyl sites for hydroxylation is 1. The van der Waals surface area contributed by atoms with E-state index in [1.54, 1.807) is 32.0 Å². The van der Waals surface area contributed by atoms with Crippen molar-refractivity contribution in [3.8, 4) is 0 Å². The Kier molecular flexibility index (Phi) is 5.57. The first-order chi connectivity index (χ1) is 8.88. The van der Waals surface area contributed by atoms with Crippen molar-refractivity contribution < 1.29 is 14.3 Å². The second kappa shape index (κ2) is 6.95. The average Bonchev–Trinajstić information content (AvgIpc) is 2.30. The van der Waals surface area contributed by atoms with Crippen LogP contribution in [0.5, 0.6) is 0 Å². The molecule has 19 heavy (non-hydrogen) atoms. The summed E-state index contributed by atoms with van der Waals surface area (Å²) < 4.78 is 4.78. The van der Waals surface area contributed by atoms with Crippen molar-refractivity contribution >= 4 is 29.2 Å². The van der Waals surface area contributed by atoms with Gasteiger partial charge in [0.2, 0.25) is 0 Å². The molecule has 1 rings (SSSR count). The maximum absolute atomic E-state index is 11.5. The number of benzene rings is 1. The molecule has 0 radical (unpaired) electrons. The van der Waals surface area contributed by atoms with Crippen molar-refractivity contribution in [3.05, 3.63) is 40.4 Å². The van der Waals surface area contributed by atoms with E-state index >= 15 is 0 Å². The molecule has 0 fully saturated rings. The van der Waals surface area contributed by atoms with Crippen LogP contribution in [0.25, 0.3) is 0 Å². The van der Waals surface area contributed by atoms with Gasteiger partial charge < -0.3 is 10.1 Å². The van der Waals surface area contributed by atoms with Crippen LogP contribution in [0.2, 0.25) is 5.02 Å². The lowest BCUT2D eigenvalue weighted by atomic mass is 10.2. The zero-order chi connectivity index (χ0) is 14.4. The number of esters is 1. The van der Waals surface area contributed by atoms with Gasteiger partial charge in [0.15, 0.2) is 6.61 Å². The fraction of sp³-hybridized carbons (Fsp3) is 0.286. The Morgan fingerprint density at radius 3 is 2.63 bits per heavy atom. The predicted molar refractivity (Wildman–Crippen MR) is 75.2 cm³/mol. The SMILES string of the molecule is CC(C)=CC(=O)OCC(=O)Nc1ccc(C)c(Cl)c1. The van der Waals surface area contributed by atoms with Gasteiger partial charge in [0.05, 0.1) is 0 Å². The maximum Gasteiger partial charge on any atom is 0.331 e. The van der Waals surface area contributed by atoms with Crippen molar-refractivity contribution in [2.75, 3.05) is 11.9 Å². The highest BCUT2D eigenvalue weighted by Gasteiger charge is 2.06. The number of rotatable bonds is 4. The number of hydrogen-bond acceptors (Lipinski definition) is 3. The highest BCUT2D eigenvalue weighted by Crippen LogP contribution is 2.19. The Labute approximate surface area is 117 Å². The van der Waals surface area contributed by atoms with Crippen LogP contribution in [0.1, 0.15) is 19.4 Å². The van der Waals surface area contributed by atoms with Crippen LogP contribution < -0.4 is 5.32 Å². The summed E-state index contributed by atoms with van der Waals surface area (Å²) in [4.78, 5) is 22.8. The van der Waals surface area contributed by atoms with Crippen molar-refractivity contribution in [3.63, 3.8) is 0 Å². The lowest BCUT2D eigenvalue weighted by Crippen LogP contribution is -2.20. The average molecular weight is 282 g/mol. The number of carbonyl (C=O) groups excluding carboxylic acids is 2. The summed E-state index contributed by atoms with van der Waals surface area (Å²) in [6, 6.07) is 5.18. The molecule has 0 aliphatic rings. The number of nitrogens with one attached hydrogen (secondary N) is 1. The first-order valence-electron chi connectivity index (χ1n) is 5.76. The van der Waals surface area contributed by atoms with E-state index in [9.17, 15) is 9.59 Å². The molecule has 1 aromatic rings. The number of halogens is 1. The number of allylic oxidation sites excluding steroid dienone is 1. The Hall–Kier alpha value is -1.81. The molecule has 0 saturated heterocycles. The van der Waals surface area contributed by atoms with Gasteiger partial charge in [-0.15, -0.1) is 0 Å². The molecule has 0 aliphatic carbocycles. The number of anilines is 1. The van der Waals surface area contributed by atoms with E-state index in [2.05, 4.69) is 5.32 Å². The van der Waals surface area contributed by atoms with Gasteiger partial charge in [0.1, 0.15) is 0 Å². The lowest BCUT2D eigenvalue weighted by molar-refractivity contribution is -0.142. The summed E-state index contributed by atoms with van der Waals surface area (Å²) in [5.74, 6) is -0.937. The van der Waals surface area contributed by atoms with Crippen LogP contribution in [-0.4, -0.2) is 18.5 Å². The van der Waals surface area contributed by atoms with Crippen LogP contribution in [0, 0.1) is 6.92 Å². The molecule has 0 bridgehead atoms. The second-order valence-corrected chi connectivity index (χ2v) is 4.75. The largest absolute Gasteiger partial charge is 0.452 e. The molecule has 0 aromatic heterocycles. The van der Waals surface area contributed by atoms with E-state index in [0.717, 1.165) is 11.1 Å². The molecule has 1 aromatic carbocycles. The van der Waals surface area contributed by atoms with Gasteiger partial charge >= 0.3 is 5.97 Å². The quantitative estimate of drug-likeness (QED) is 0.681. The van der Waals surface area contributed by atoms with Crippen molar-refractivity contribution in [2.24, 2.45) is 0 Å². The minimum Gasteiger partial charge on any atom is -0.452 e. The number of hydrogen-bond donors (Lipinski definition) is 1. The van der Waals surface area contributed by atoms with Crippen LogP contribution in [0.15, 0.2) is 29.8 Å². The van der Waals surface area contributed by atoms with E-state index < -0.39 is 11.9 Å². The molecule has 0 atom stereocenters. The van der Waals surface area contributed by atoms with Gasteiger partial charge in [-0.2, -0.15) is 0 Å². The molecule has 0 unspecified atom stereocenters. The predicted octanol–water partition coefficient (Wildman–Crippen LogP) is 3.10. The van der Waals surface area contributed by atoms with E-state index in [1.807, 2.05) is 6.92 Å². The number of amides is 1. The molecule has 0 heterocycles. The Morgan fingerprint density at radius 2 is 2.05 bits per heavy atom. The molecule has 102 valence electrons. The van der Waals surface area contributed by atoms with Gasteiger partial charge in [-0.05, 0) is 38.5 Å². The fourth-order valence-corrected chi connectivity index (χ4v) is 1.46. The molecule has 1 amide bonds. The standard InChI is InChI=1S/C14H16ClNO3/c1-9(2)6-14(18)19-8-13(17)16-11-5-4-10(3)12(15)7-11/h4-7H,8H2,1-3H3,(H,16,17). The number of carbonyl (C=O) groups is 2. The van der Waals surface area contributed by atoms with Crippen molar-refractivity contribution in [2.45, 2.75) is 20.8 Å². The third kappa shape index (κ3) is 5.57. The topological polar surface area (TPSA) is 55.4 Å². The third-order valence-electron chi connectivity index (χ3n) is 2.21. The summed E-state index contributed by atoms with van der Waals surface area (Å²) in [6.07, 6.45) is 1.33. The Balaban J connectivity index is 2.49. The second-order valence-electron chi connectivity index (χ2n) is 4.34. The molecule has 5 heteroatoms. The van der Waals surface area contributed by atoms with Gasteiger partial charge in [0, 0.05) is 16.8 Å². The normalized spacial score (nSPS) is 9.68. The van der Waals surface area contributed by atoms with Crippen LogP contribution in [0.4, 0.5) is 5.69 Å². The Morgan fingerprint density at radius 1 is 1.37 bits per heavy atom. The summed E-state index contributed by atoms with van der Waals surface area (Å²) in [5, 5.41) is 3.17. The van der Waals surface area contributed by atoms with E-state index in [1.165, 1.54) is 6.08 Å². The molecule has 1 N–H and O–H groups in total. The van der Waals surface area contributed by atoms with E-state index in [4.69, 9.17) is 16.3 Å². The van der Waals surface area contributed by atoms with Crippen LogP contribution >= 0.6 is 11.6 Å². The summed E-state index contributed by atoms with van der Waals surface area (Å²) >= 11 is 5.94. The molecular weight excluding hydrogens is 266 g/mol. The monoisotopic (exact) mass is 281 g/mol. The van der Waals surface area contributed by atoms with Gasteiger partial charge in [-0.3, -0.25) is 4.79 Å². The van der Waals surface area contributed by atoms with Gasteiger partial charge in [-0.25, -0.2) is 4.79 Å². The zero-order valence-corrected chi connectivity index (χ0v) is 11.9. The third-order valence-corrected chi connectivity index (χ3v) is 2.61. The molecule has 0 saturated carbocycles. The minimum atomic E-state index is -0.530. The highest BCUT2D eigenvalue weighted by molar-refractivity contribution is 6.31. The molecule has 4 nitrogen and oxygen atoms in total. The zero-order valence-electron chi connectivity index (χ0n) is 11.1.